The molecule has 0 bridgehead atoms. The second kappa shape index (κ2) is 8.16. The van der Waals surface area contributed by atoms with Crippen LogP contribution < -0.4 is 5.73 Å². The number of nitrogens with zero attached hydrogens (tertiary/aromatic N) is 2. The predicted octanol–water partition coefficient (Wildman–Crippen LogP) is 1.42. The third-order valence-corrected chi connectivity index (χ3v) is 3.50. The summed E-state index contributed by atoms with van der Waals surface area (Å²) in [7, 11) is 0. The van der Waals surface area contributed by atoms with E-state index in [-0.39, 0.29) is 5.97 Å². The van der Waals surface area contributed by atoms with E-state index in [4.69, 9.17) is 10.5 Å². The van der Waals surface area contributed by atoms with Gasteiger partial charge in [-0.1, -0.05) is 0 Å². The van der Waals surface area contributed by atoms with Gasteiger partial charge in [-0.15, -0.1) is 0 Å². The van der Waals surface area contributed by atoms with Gasteiger partial charge in [-0.2, -0.15) is 16.9 Å². The van der Waals surface area contributed by atoms with Gasteiger partial charge in [0.25, 0.3) is 0 Å². The summed E-state index contributed by atoms with van der Waals surface area (Å²) in [5.41, 5.74) is 6.90. The van der Waals surface area contributed by atoms with Gasteiger partial charge >= 0.3 is 5.97 Å². The Balaban J connectivity index is 2.16. The Morgan fingerprint density at radius 2 is 2.39 bits per heavy atom. The summed E-state index contributed by atoms with van der Waals surface area (Å²) < 4.78 is 6.75. The lowest BCUT2D eigenvalue weighted by Crippen LogP contribution is -2.32. The summed E-state index contributed by atoms with van der Waals surface area (Å²) in [6.45, 7) is 5.11. The van der Waals surface area contributed by atoms with Crippen LogP contribution in [0.3, 0.4) is 0 Å². The zero-order chi connectivity index (χ0) is 13.4. The summed E-state index contributed by atoms with van der Waals surface area (Å²) in [5, 5.41) is 4.21. The van der Waals surface area contributed by atoms with Crippen molar-refractivity contribution in [1.29, 1.82) is 0 Å². The van der Waals surface area contributed by atoms with Gasteiger partial charge in [0.1, 0.15) is 6.04 Å². The molecule has 102 valence electrons. The van der Waals surface area contributed by atoms with Crippen molar-refractivity contribution < 1.29 is 9.53 Å². The molecule has 1 unspecified atom stereocenters. The van der Waals surface area contributed by atoms with Crippen molar-refractivity contribution in [3.63, 3.8) is 0 Å². The van der Waals surface area contributed by atoms with Crippen molar-refractivity contribution in [3.8, 4) is 0 Å². The van der Waals surface area contributed by atoms with Gasteiger partial charge in [0, 0.05) is 18.5 Å². The Kier molecular flexibility index (Phi) is 6.82. The molecule has 0 aliphatic rings. The number of aryl methyl sites for hydroxylation is 1. The van der Waals surface area contributed by atoms with Crippen LogP contribution >= 0.6 is 11.8 Å². The van der Waals surface area contributed by atoms with E-state index in [1.807, 2.05) is 17.1 Å². The molecule has 0 amide bonds. The minimum atomic E-state index is -0.504. The van der Waals surface area contributed by atoms with Gasteiger partial charge in [-0.3, -0.25) is 9.48 Å². The van der Waals surface area contributed by atoms with E-state index in [1.165, 1.54) is 5.56 Å². The molecule has 0 spiro atoms. The van der Waals surface area contributed by atoms with Crippen LogP contribution in [-0.4, -0.2) is 34.2 Å². The van der Waals surface area contributed by atoms with Crippen molar-refractivity contribution in [2.45, 2.75) is 38.6 Å². The van der Waals surface area contributed by atoms with Gasteiger partial charge in [0.15, 0.2) is 0 Å². The molecule has 1 heterocycles. The topological polar surface area (TPSA) is 70.1 Å². The molecule has 0 radical (unpaired) electrons. The summed E-state index contributed by atoms with van der Waals surface area (Å²) in [6, 6.07) is -0.504. The molecule has 0 aliphatic heterocycles. The Bertz CT molecular complexity index is 368. The molecule has 0 aromatic carbocycles. The standard InChI is InChI=1S/C12H21N3O2S/c1-3-15-8-10(7-14-15)9-18-6-5-11(13)12(16)17-4-2/h7-8,11H,3-6,9,13H2,1-2H3. The van der Waals surface area contributed by atoms with Crippen LogP contribution in [-0.2, 0) is 21.8 Å². The maximum Gasteiger partial charge on any atom is 0.322 e. The number of carbonyl (C=O) groups excluding carboxylic acids is 1. The average Bonchev–Trinajstić information content (AvgIpc) is 2.82. The fourth-order valence-electron chi connectivity index (χ4n) is 1.42. The number of hydrogen-bond acceptors (Lipinski definition) is 5. The van der Waals surface area contributed by atoms with E-state index in [9.17, 15) is 4.79 Å². The minimum absolute atomic E-state index is 0.308. The lowest BCUT2D eigenvalue weighted by molar-refractivity contribution is -0.144. The normalized spacial score (nSPS) is 12.4. The largest absolute Gasteiger partial charge is 0.465 e. The third-order valence-electron chi connectivity index (χ3n) is 2.44. The average molecular weight is 271 g/mol. The van der Waals surface area contributed by atoms with Crippen LogP contribution in [0.4, 0.5) is 0 Å². The van der Waals surface area contributed by atoms with E-state index >= 15 is 0 Å². The monoisotopic (exact) mass is 271 g/mol. The third kappa shape index (κ3) is 5.10. The van der Waals surface area contributed by atoms with E-state index < -0.39 is 6.04 Å². The lowest BCUT2D eigenvalue weighted by atomic mass is 10.2. The van der Waals surface area contributed by atoms with Crippen LogP contribution in [0.15, 0.2) is 12.4 Å². The molecule has 1 aromatic rings. The van der Waals surface area contributed by atoms with Crippen molar-refractivity contribution in [2.75, 3.05) is 12.4 Å². The number of hydrogen-bond donors (Lipinski definition) is 1. The molecular formula is C12H21N3O2S. The molecule has 0 saturated carbocycles. The highest BCUT2D eigenvalue weighted by molar-refractivity contribution is 7.98. The Morgan fingerprint density at radius 3 is 3.00 bits per heavy atom. The van der Waals surface area contributed by atoms with E-state index in [0.717, 1.165) is 18.1 Å². The Morgan fingerprint density at radius 1 is 1.61 bits per heavy atom. The molecule has 1 atom stereocenters. The molecule has 1 aromatic heterocycles. The van der Waals surface area contributed by atoms with Crippen LogP contribution in [0, 0.1) is 0 Å². The maximum atomic E-state index is 11.3. The fourth-order valence-corrected chi connectivity index (χ4v) is 2.37. The second-order valence-corrected chi connectivity index (χ2v) is 5.01. The number of esters is 1. The first-order valence-electron chi connectivity index (χ1n) is 6.18. The number of nitrogens with two attached hydrogens (primary N) is 1. The van der Waals surface area contributed by atoms with Crippen LogP contribution in [0.2, 0.25) is 0 Å². The van der Waals surface area contributed by atoms with Crippen molar-refractivity contribution >= 4 is 17.7 Å². The molecule has 2 N–H and O–H groups in total. The zero-order valence-corrected chi connectivity index (χ0v) is 11.8. The van der Waals surface area contributed by atoms with E-state index in [2.05, 4.69) is 12.0 Å². The zero-order valence-electron chi connectivity index (χ0n) is 11.0. The molecule has 0 fully saturated rings. The van der Waals surface area contributed by atoms with E-state index in [0.29, 0.717) is 13.0 Å². The van der Waals surface area contributed by atoms with Gasteiger partial charge < -0.3 is 10.5 Å². The van der Waals surface area contributed by atoms with Gasteiger partial charge in [0.2, 0.25) is 0 Å². The molecule has 1 rings (SSSR count). The Labute approximate surface area is 112 Å². The van der Waals surface area contributed by atoms with Crippen molar-refractivity contribution in [3.05, 3.63) is 18.0 Å². The fraction of sp³-hybridized carbons (Fsp3) is 0.667. The number of carbonyl (C=O) groups is 1. The first kappa shape index (κ1) is 15.0. The van der Waals surface area contributed by atoms with Crippen molar-refractivity contribution in [1.82, 2.24) is 9.78 Å². The summed E-state index contributed by atoms with van der Waals surface area (Å²) in [6.07, 6.45) is 4.56. The maximum absolute atomic E-state index is 11.3. The number of ether oxygens (including phenoxy) is 1. The number of thioether (sulfide) groups is 1. The second-order valence-electron chi connectivity index (χ2n) is 3.90. The SMILES string of the molecule is CCOC(=O)C(N)CCSCc1cnn(CC)c1. The van der Waals surface area contributed by atoms with Crippen LogP contribution in [0.25, 0.3) is 0 Å². The minimum Gasteiger partial charge on any atom is -0.465 e. The lowest BCUT2D eigenvalue weighted by Gasteiger charge is -2.09. The quantitative estimate of drug-likeness (QED) is 0.572. The smallest absolute Gasteiger partial charge is 0.322 e. The molecule has 6 heteroatoms. The molecule has 18 heavy (non-hydrogen) atoms. The first-order chi connectivity index (χ1) is 8.67. The highest BCUT2D eigenvalue weighted by Crippen LogP contribution is 2.13. The van der Waals surface area contributed by atoms with Gasteiger partial charge in [0.05, 0.1) is 12.8 Å². The van der Waals surface area contributed by atoms with Crippen LogP contribution in [0.5, 0.6) is 0 Å². The molecule has 0 saturated heterocycles. The van der Waals surface area contributed by atoms with Gasteiger partial charge in [-0.05, 0) is 31.6 Å². The highest BCUT2D eigenvalue weighted by atomic mass is 32.2. The van der Waals surface area contributed by atoms with Gasteiger partial charge in [-0.25, -0.2) is 0 Å². The predicted molar refractivity (Wildman–Crippen MR) is 73.3 cm³/mol. The summed E-state index contributed by atoms with van der Waals surface area (Å²) >= 11 is 1.75. The highest BCUT2D eigenvalue weighted by Gasteiger charge is 2.13. The Hall–Kier alpha value is -1.01. The number of aromatic nitrogens is 2. The molecular weight excluding hydrogens is 250 g/mol. The summed E-state index contributed by atoms with van der Waals surface area (Å²) in [5.74, 6) is 1.43. The van der Waals surface area contributed by atoms with Crippen molar-refractivity contribution in [2.24, 2.45) is 5.73 Å². The molecule has 5 nitrogen and oxygen atoms in total. The molecule has 0 aliphatic carbocycles. The van der Waals surface area contributed by atoms with Crippen LogP contribution in [0.1, 0.15) is 25.8 Å². The number of rotatable bonds is 8. The first-order valence-corrected chi connectivity index (χ1v) is 7.34. The van der Waals surface area contributed by atoms with E-state index in [1.54, 1.807) is 18.7 Å². The summed E-state index contributed by atoms with van der Waals surface area (Å²) in [4.78, 5) is 11.3.